The Kier molecular flexibility index (Phi) is 4.51. The summed E-state index contributed by atoms with van der Waals surface area (Å²) in [5.74, 6) is -1.74. The van der Waals surface area contributed by atoms with Crippen molar-refractivity contribution in [2.24, 2.45) is 5.73 Å². The molecule has 0 radical (unpaired) electrons. The van der Waals surface area contributed by atoms with Gasteiger partial charge in [-0.2, -0.15) is 0 Å². The first kappa shape index (κ1) is 12.2. The van der Waals surface area contributed by atoms with E-state index in [0.29, 0.717) is 5.69 Å². The van der Waals surface area contributed by atoms with Gasteiger partial charge in [0.05, 0.1) is 0 Å². The molecule has 0 fully saturated rings. The molecule has 0 aliphatic rings. The maximum atomic E-state index is 11.2. The summed E-state index contributed by atoms with van der Waals surface area (Å²) in [5.41, 5.74) is 6.58. The number of anilines is 1. The van der Waals surface area contributed by atoms with Gasteiger partial charge in [-0.05, 0) is 24.5 Å². The second-order valence-corrected chi connectivity index (χ2v) is 3.58. The molecule has 0 aliphatic carbocycles. The molecule has 4 nitrogen and oxygen atoms in total. The number of carbonyl (C=O) groups is 2. The van der Waals surface area contributed by atoms with E-state index in [2.05, 4.69) is 12.2 Å². The molecule has 0 atom stereocenters. The highest BCUT2D eigenvalue weighted by Crippen LogP contribution is 2.17. The topological polar surface area (TPSA) is 72.2 Å². The second-order valence-electron chi connectivity index (χ2n) is 3.58. The van der Waals surface area contributed by atoms with Gasteiger partial charge in [-0.25, -0.2) is 0 Å². The number of aryl methyl sites for hydroxylation is 1. The van der Waals surface area contributed by atoms with Crippen molar-refractivity contribution in [2.75, 3.05) is 5.32 Å². The zero-order valence-electron chi connectivity index (χ0n) is 9.32. The highest BCUT2D eigenvalue weighted by atomic mass is 16.2. The number of primary amides is 1. The van der Waals surface area contributed by atoms with Crippen molar-refractivity contribution in [3.63, 3.8) is 0 Å². The number of nitrogens with two attached hydrogens (primary N) is 1. The van der Waals surface area contributed by atoms with Gasteiger partial charge in [-0.3, -0.25) is 9.59 Å². The molecule has 0 aliphatic heterocycles. The molecule has 86 valence electrons. The zero-order chi connectivity index (χ0) is 12.0. The molecule has 0 saturated carbocycles. The van der Waals surface area contributed by atoms with Crippen molar-refractivity contribution in [1.29, 1.82) is 0 Å². The number of para-hydroxylation sites is 1. The first-order valence-corrected chi connectivity index (χ1v) is 5.33. The first-order chi connectivity index (χ1) is 7.65. The summed E-state index contributed by atoms with van der Waals surface area (Å²) in [6.45, 7) is 2.10. The maximum absolute atomic E-state index is 11.2. The summed E-state index contributed by atoms with van der Waals surface area (Å²) in [6.07, 6.45) is 3.01. The van der Waals surface area contributed by atoms with Crippen LogP contribution in [-0.4, -0.2) is 11.8 Å². The van der Waals surface area contributed by atoms with E-state index in [0.717, 1.165) is 24.8 Å². The van der Waals surface area contributed by atoms with Crippen molar-refractivity contribution < 1.29 is 9.59 Å². The number of hydrogen-bond donors (Lipinski definition) is 2. The normalized spacial score (nSPS) is 9.81. The average Bonchev–Trinajstić information content (AvgIpc) is 2.27. The Morgan fingerprint density at radius 3 is 2.62 bits per heavy atom. The van der Waals surface area contributed by atoms with Crippen molar-refractivity contribution >= 4 is 17.5 Å². The summed E-state index contributed by atoms with van der Waals surface area (Å²) in [7, 11) is 0. The number of nitrogens with one attached hydrogen (secondary N) is 1. The van der Waals surface area contributed by atoms with Crippen LogP contribution >= 0.6 is 0 Å². The molecule has 0 bridgehead atoms. The predicted molar refractivity (Wildman–Crippen MR) is 62.9 cm³/mol. The van der Waals surface area contributed by atoms with Gasteiger partial charge in [-0.1, -0.05) is 31.5 Å². The molecule has 16 heavy (non-hydrogen) atoms. The van der Waals surface area contributed by atoms with E-state index >= 15 is 0 Å². The van der Waals surface area contributed by atoms with Crippen molar-refractivity contribution in [3.8, 4) is 0 Å². The predicted octanol–water partition coefficient (Wildman–Crippen LogP) is 1.45. The Balaban J connectivity index is 2.78. The molecule has 1 aromatic carbocycles. The van der Waals surface area contributed by atoms with Crippen LogP contribution in [0.25, 0.3) is 0 Å². The molecule has 1 rings (SSSR count). The Morgan fingerprint density at radius 1 is 1.31 bits per heavy atom. The summed E-state index contributed by atoms with van der Waals surface area (Å²) in [6, 6.07) is 7.43. The molecule has 0 heterocycles. The minimum Gasteiger partial charge on any atom is -0.361 e. The van der Waals surface area contributed by atoms with Crippen LogP contribution in [0.5, 0.6) is 0 Å². The first-order valence-electron chi connectivity index (χ1n) is 5.33. The van der Waals surface area contributed by atoms with E-state index in [1.54, 1.807) is 6.07 Å². The Bertz CT molecular complexity index is 388. The van der Waals surface area contributed by atoms with E-state index in [1.807, 2.05) is 18.2 Å². The lowest BCUT2D eigenvalue weighted by molar-refractivity contribution is -0.134. The van der Waals surface area contributed by atoms with Crippen LogP contribution in [0.15, 0.2) is 24.3 Å². The Labute approximate surface area is 94.8 Å². The van der Waals surface area contributed by atoms with E-state index in [1.165, 1.54) is 0 Å². The van der Waals surface area contributed by atoms with Gasteiger partial charge in [0, 0.05) is 5.69 Å². The molecular formula is C12H16N2O2. The summed E-state index contributed by atoms with van der Waals surface area (Å²) in [5, 5.41) is 2.51. The number of rotatable bonds is 4. The zero-order valence-corrected chi connectivity index (χ0v) is 9.32. The van der Waals surface area contributed by atoms with E-state index in [-0.39, 0.29) is 0 Å². The molecule has 0 spiro atoms. The van der Waals surface area contributed by atoms with E-state index in [9.17, 15) is 9.59 Å². The minimum atomic E-state index is -0.967. The van der Waals surface area contributed by atoms with Crippen LogP contribution in [0.1, 0.15) is 25.3 Å². The molecular weight excluding hydrogens is 204 g/mol. The molecule has 0 aromatic heterocycles. The minimum absolute atomic E-state index is 0.666. The monoisotopic (exact) mass is 220 g/mol. The molecule has 2 amide bonds. The molecule has 4 heteroatoms. The average molecular weight is 220 g/mol. The third-order valence-corrected chi connectivity index (χ3v) is 2.29. The lowest BCUT2D eigenvalue weighted by Gasteiger charge is -2.09. The van der Waals surface area contributed by atoms with Crippen LogP contribution in [0.3, 0.4) is 0 Å². The number of benzene rings is 1. The Morgan fingerprint density at radius 2 is 2.00 bits per heavy atom. The van der Waals surface area contributed by atoms with Gasteiger partial charge in [0.25, 0.3) is 0 Å². The highest BCUT2D eigenvalue weighted by Gasteiger charge is 2.10. The molecule has 0 saturated heterocycles. The third-order valence-electron chi connectivity index (χ3n) is 2.29. The molecule has 3 N–H and O–H groups in total. The van der Waals surface area contributed by atoms with Gasteiger partial charge < -0.3 is 11.1 Å². The van der Waals surface area contributed by atoms with Crippen molar-refractivity contribution in [1.82, 2.24) is 0 Å². The quantitative estimate of drug-likeness (QED) is 0.754. The van der Waals surface area contributed by atoms with Crippen molar-refractivity contribution in [3.05, 3.63) is 29.8 Å². The van der Waals surface area contributed by atoms with Gasteiger partial charge in [0.15, 0.2) is 0 Å². The third kappa shape index (κ3) is 3.38. The Hall–Kier alpha value is -1.84. The fraction of sp³-hybridized carbons (Fsp3) is 0.333. The second kappa shape index (κ2) is 5.90. The SMILES string of the molecule is CCCCc1ccccc1NC(=O)C(N)=O. The fourth-order valence-electron chi connectivity index (χ4n) is 1.41. The number of unbranched alkanes of at least 4 members (excludes halogenated alkanes) is 1. The maximum Gasteiger partial charge on any atom is 0.313 e. The largest absolute Gasteiger partial charge is 0.361 e. The van der Waals surface area contributed by atoms with Gasteiger partial charge in [-0.15, -0.1) is 0 Å². The summed E-state index contributed by atoms with van der Waals surface area (Å²) >= 11 is 0. The number of amides is 2. The summed E-state index contributed by atoms with van der Waals surface area (Å²) in [4.78, 5) is 21.8. The molecule has 1 aromatic rings. The standard InChI is InChI=1S/C12H16N2O2/c1-2-3-6-9-7-4-5-8-10(9)14-12(16)11(13)15/h4-5,7-8H,2-3,6H2,1H3,(H2,13,15)(H,14,16). The van der Waals surface area contributed by atoms with Crippen LogP contribution < -0.4 is 11.1 Å². The van der Waals surface area contributed by atoms with Gasteiger partial charge in [0.2, 0.25) is 0 Å². The number of hydrogen-bond acceptors (Lipinski definition) is 2. The highest BCUT2D eigenvalue weighted by molar-refractivity contribution is 6.39. The van der Waals surface area contributed by atoms with Crippen molar-refractivity contribution in [2.45, 2.75) is 26.2 Å². The lowest BCUT2D eigenvalue weighted by Crippen LogP contribution is -2.29. The van der Waals surface area contributed by atoms with Crippen LogP contribution in [0.4, 0.5) is 5.69 Å². The lowest BCUT2D eigenvalue weighted by atomic mass is 10.1. The van der Waals surface area contributed by atoms with E-state index in [4.69, 9.17) is 5.73 Å². The van der Waals surface area contributed by atoms with Crippen LogP contribution in [0, 0.1) is 0 Å². The van der Waals surface area contributed by atoms with Crippen LogP contribution in [0.2, 0.25) is 0 Å². The van der Waals surface area contributed by atoms with Gasteiger partial charge >= 0.3 is 11.8 Å². The van der Waals surface area contributed by atoms with Gasteiger partial charge in [0.1, 0.15) is 0 Å². The fourth-order valence-corrected chi connectivity index (χ4v) is 1.41. The number of carbonyl (C=O) groups excluding carboxylic acids is 2. The molecule has 0 unspecified atom stereocenters. The van der Waals surface area contributed by atoms with E-state index < -0.39 is 11.8 Å². The summed E-state index contributed by atoms with van der Waals surface area (Å²) < 4.78 is 0. The smallest absolute Gasteiger partial charge is 0.313 e. The van der Waals surface area contributed by atoms with Crippen LogP contribution in [-0.2, 0) is 16.0 Å².